The molecule has 10 heteroatoms. The van der Waals surface area contributed by atoms with Crippen LogP contribution in [-0.2, 0) is 22.4 Å². The number of hydrogen-bond donors (Lipinski definition) is 1. The zero-order valence-corrected chi connectivity index (χ0v) is 22.2. The standard InChI is InChI=1S/C27H31FN4O4S/c1-27(2,3)36-26(33)32(11-12-34-4)16-17-5-8-21(31-15-17)24-14-22-25(37-24)23(9-10-30-22)35-18-6-7-20(29)19(28)13-18/h5-10,13,15,24H,11-12,14,16,29H2,1-4H3. The summed E-state index contributed by atoms with van der Waals surface area (Å²) >= 11 is 1.62. The first-order valence-corrected chi connectivity index (χ1v) is 12.8. The molecular weight excluding hydrogens is 495 g/mol. The monoisotopic (exact) mass is 526 g/mol. The third-order valence-electron chi connectivity index (χ3n) is 5.55. The van der Waals surface area contributed by atoms with Crippen molar-refractivity contribution >= 4 is 23.5 Å². The Morgan fingerprint density at radius 1 is 1.22 bits per heavy atom. The van der Waals surface area contributed by atoms with Crippen LogP contribution in [0.5, 0.6) is 11.5 Å². The number of carbonyl (C=O) groups excluding carboxylic acids is 1. The summed E-state index contributed by atoms with van der Waals surface area (Å²) in [4.78, 5) is 24.4. The number of ether oxygens (including phenoxy) is 3. The van der Waals surface area contributed by atoms with Crippen LogP contribution in [-0.4, -0.2) is 46.8 Å². The fraction of sp³-hybridized carbons (Fsp3) is 0.370. The first-order valence-electron chi connectivity index (χ1n) is 11.9. The van der Waals surface area contributed by atoms with E-state index in [1.165, 1.54) is 12.1 Å². The van der Waals surface area contributed by atoms with E-state index in [0.29, 0.717) is 37.6 Å². The molecule has 1 amide bonds. The van der Waals surface area contributed by atoms with Gasteiger partial charge in [-0.25, -0.2) is 9.18 Å². The van der Waals surface area contributed by atoms with E-state index in [4.69, 9.17) is 19.9 Å². The van der Waals surface area contributed by atoms with E-state index in [-0.39, 0.29) is 10.9 Å². The summed E-state index contributed by atoms with van der Waals surface area (Å²) < 4.78 is 30.5. The summed E-state index contributed by atoms with van der Waals surface area (Å²) in [5.41, 5.74) is 7.75. The Kier molecular flexibility index (Phi) is 8.19. The lowest BCUT2D eigenvalue weighted by Crippen LogP contribution is -2.38. The number of pyridine rings is 2. The number of methoxy groups -OCH3 is 1. The Labute approximate surface area is 220 Å². The van der Waals surface area contributed by atoms with Gasteiger partial charge in [0.15, 0.2) is 0 Å². The van der Waals surface area contributed by atoms with E-state index in [1.807, 2.05) is 32.9 Å². The molecule has 37 heavy (non-hydrogen) atoms. The summed E-state index contributed by atoms with van der Waals surface area (Å²) in [5, 5.41) is 0.0555. The van der Waals surface area contributed by atoms with Crippen molar-refractivity contribution in [1.82, 2.24) is 14.9 Å². The van der Waals surface area contributed by atoms with Gasteiger partial charge in [0, 0.05) is 44.6 Å². The molecule has 0 bridgehead atoms. The van der Waals surface area contributed by atoms with Gasteiger partial charge in [0.25, 0.3) is 0 Å². The molecule has 3 heterocycles. The average Bonchev–Trinajstić information content (AvgIpc) is 3.29. The Morgan fingerprint density at radius 2 is 2.03 bits per heavy atom. The molecule has 0 aliphatic carbocycles. The number of thioether (sulfide) groups is 1. The van der Waals surface area contributed by atoms with Crippen LogP contribution < -0.4 is 10.5 Å². The van der Waals surface area contributed by atoms with Gasteiger partial charge in [-0.2, -0.15) is 0 Å². The summed E-state index contributed by atoms with van der Waals surface area (Å²) in [5.74, 6) is 0.463. The van der Waals surface area contributed by atoms with Crippen molar-refractivity contribution < 1.29 is 23.4 Å². The van der Waals surface area contributed by atoms with Crippen LogP contribution in [0.3, 0.4) is 0 Å². The minimum Gasteiger partial charge on any atom is -0.456 e. The number of fused-ring (bicyclic) bond motifs is 1. The van der Waals surface area contributed by atoms with E-state index >= 15 is 0 Å². The summed E-state index contributed by atoms with van der Waals surface area (Å²) in [6, 6.07) is 10.1. The Morgan fingerprint density at radius 3 is 2.70 bits per heavy atom. The number of nitrogen functional groups attached to an aromatic ring is 1. The zero-order chi connectivity index (χ0) is 26.6. The number of amides is 1. The number of carbonyl (C=O) groups is 1. The SMILES string of the molecule is COCCN(Cc1ccc(C2Cc3nccc(Oc4ccc(N)c(F)c4)c3S2)nc1)C(=O)OC(C)(C)C. The number of nitrogens with zero attached hydrogens (tertiary/aromatic N) is 3. The molecule has 1 aliphatic heterocycles. The molecule has 8 nitrogen and oxygen atoms in total. The fourth-order valence-corrected chi connectivity index (χ4v) is 5.03. The normalized spacial score (nSPS) is 14.8. The highest BCUT2D eigenvalue weighted by Crippen LogP contribution is 2.49. The van der Waals surface area contributed by atoms with Crippen molar-refractivity contribution in [3.63, 3.8) is 0 Å². The average molecular weight is 527 g/mol. The summed E-state index contributed by atoms with van der Waals surface area (Å²) in [7, 11) is 1.60. The topological polar surface area (TPSA) is 99.8 Å². The number of hydrogen-bond acceptors (Lipinski definition) is 8. The van der Waals surface area contributed by atoms with E-state index in [0.717, 1.165) is 21.8 Å². The smallest absolute Gasteiger partial charge is 0.410 e. The Hall–Kier alpha value is -3.37. The Bertz CT molecular complexity index is 1250. The lowest BCUT2D eigenvalue weighted by atomic mass is 10.1. The number of nitrogens with two attached hydrogens (primary N) is 1. The van der Waals surface area contributed by atoms with Gasteiger partial charge in [-0.1, -0.05) is 6.07 Å². The van der Waals surface area contributed by atoms with Gasteiger partial charge in [-0.15, -0.1) is 11.8 Å². The molecule has 2 aromatic heterocycles. The second-order valence-corrected chi connectivity index (χ2v) is 10.9. The lowest BCUT2D eigenvalue weighted by molar-refractivity contribution is 0.0183. The maximum atomic E-state index is 13.9. The van der Waals surface area contributed by atoms with Crippen LogP contribution in [0.15, 0.2) is 53.7 Å². The minimum absolute atomic E-state index is 0.0555. The number of benzene rings is 1. The van der Waals surface area contributed by atoms with E-state index < -0.39 is 17.5 Å². The van der Waals surface area contributed by atoms with Gasteiger partial charge in [0.1, 0.15) is 22.9 Å². The maximum Gasteiger partial charge on any atom is 0.410 e. The molecule has 1 unspecified atom stereocenters. The highest BCUT2D eigenvalue weighted by atomic mass is 32.2. The van der Waals surface area contributed by atoms with Gasteiger partial charge in [-0.05, 0) is 44.5 Å². The molecule has 1 atom stereocenters. The predicted molar refractivity (Wildman–Crippen MR) is 140 cm³/mol. The molecule has 0 fully saturated rings. The molecule has 196 valence electrons. The van der Waals surface area contributed by atoms with Crippen molar-refractivity contribution in [1.29, 1.82) is 0 Å². The molecule has 0 saturated heterocycles. The van der Waals surface area contributed by atoms with Crippen LogP contribution in [0.2, 0.25) is 0 Å². The Balaban J connectivity index is 1.44. The van der Waals surface area contributed by atoms with Crippen LogP contribution in [0.1, 0.15) is 43.0 Å². The van der Waals surface area contributed by atoms with E-state index in [9.17, 15) is 9.18 Å². The van der Waals surface area contributed by atoms with Gasteiger partial charge in [0.05, 0.1) is 40.4 Å². The molecule has 4 rings (SSSR count). The minimum atomic E-state index is -0.585. The first kappa shape index (κ1) is 26.7. The highest BCUT2D eigenvalue weighted by molar-refractivity contribution is 8.00. The number of halogens is 1. The van der Waals surface area contributed by atoms with Crippen molar-refractivity contribution in [3.8, 4) is 11.5 Å². The van der Waals surface area contributed by atoms with Gasteiger partial charge in [-0.3, -0.25) is 9.97 Å². The molecule has 1 aliphatic rings. The summed E-state index contributed by atoms with van der Waals surface area (Å²) in [6.45, 7) is 6.70. The van der Waals surface area contributed by atoms with Gasteiger partial charge >= 0.3 is 6.09 Å². The highest BCUT2D eigenvalue weighted by Gasteiger charge is 2.29. The zero-order valence-electron chi connectivity index (χ0n) is 21.4. The quantitative estimate of drug-likeness (QED) is 0.370. The van der Waals surface area contributed by atoms with Crippen molar-refractivity contribution in [2.24, 2.45) is 0 Å². The van der Waals surface area contributed by atoms with Gasteiger partial charge in [0.2, 0.25) is 0 Å². The molecule has 0 radical (unpaired) electrons. The van der Waals surface area contributed by atoms with E-state index in [1.54, 1.807) is 48.3 Å². The fourth-order valence-electron chi connectivity index (χ4n) is 3.75. The molecule has 0 saturated carbocycles. The molecule has 2 N–H and O–H groups in total. The van der Waals surface area contributed by atoms with Crippen molar-refractivity contribution in [2.45, 2.75) is 49.5 Å². The number of anilines is 1. The first-order chi connectivity index (χ1) is 17.6. The lowest BCUT2D eigenvalue weighted by Gasteiger charge is -2.27. The van der Waals surface area contributed by atoms with Crippen molar-refractivity contribution in [2.75, 3.05) is 26.0 Å². The van der Waals surface area contributed by atoms with Crippen molar-refractivity contribution in [3.05, 3.63) is 71.6 Å². The second-order valence-electron chi connectivity index (χ2n) is 9.67. The van der Waals surface area contributed by atoms with Crippen LogP contribution in [0, 0.1) is 5.82 Å². The molecule has 3 aromatic rings. The number of rotatable bonds is 8. The molecule has 0 spiro atoms. The molecular formula is C27H31FN4O4S. The van der Waals surface area contributed by atoms with Crippen LogP contribution in [0.25, 0.3) is 0 Å². The van der Waals surface area contributed by atoms with E-state index in [2.05, 4.69) is 9.97 Å². The van der Waals surface area contributed by atoms with Crippen LogP contribution >= 0.6 is 11.8 Å². The number of aromatic nitrogens is 2. The predicted octanol–water partition coefficient (Wildman–Crippen LogP) is 5.76. The third kappa shape index (κ3) is 6.90. The molecule has 1 aromatic carbocycles. The van der Waals surface area contributed by atoms with Crippen LogP contribution in [0.4, 0.5) is 14.9 Å². The third-order valence-corrected chi connectivity index (χ3v) is 6.91. The maximum absolute atomic E-state index is 13.9. The largest absolute Gasteiger partial charge is 0.456 e. The van der Waals surface area contributed by atoms with Gasteiger partial charge < -0.3 is 24.8 Å². The summed E-state index contributed by atoms with van der Waals surface area (Å²) in [6.07, 6.45) is 3.77. The second kappa shape index (κ2) is 11.4.